The largest absolute Gasteiger partial charge is 0.481 e. The van der Waals surface area contributed by atoms with Gasteiger partial charge in [-0.05, 0) is 86.0 Å². The van der Waals surface area contributed by atoms with E-state index in [9.17, 15) is 14.4 Å². The van der Waals surface area contributed by atoms with E-state index in [4.69, 9.17) is 9.31 Å². The van der Waals surface area contributed by atoms with E-state index in [0.717, 1.165) is 23.9 Å². The predicted molar refractivity (Wildman–Crippen MR) is 180 cm³/mol. The average Bonchev–Trinajstić information content (AvgIpc) is 3.35. The Kier molecular flexibility index (Phi) is 8.53. The Balaban J connectivity index is 1.21. The second-order valence-electron chi connectivity index (χ2n) is 15.6. The minimum Gasteiger partial charge on any atom is -0.404 e. The van der Waals surface area contributed by atoms with Crippen LogP contribution in [-0.2, 0) is 25.4 Å². The highest BCUT2D eigenvalue weighted by Gasteiger charge is 2.68. The zero-order chi connectivity index (χ0) is 32.3. The van der Waals surface area contributed by atoms with Gasteiger partial charge in [-0.2, -0.15) is 0 Å². The van der Waals surface area contributed by atoms with E-state index < -0.39 is 13.0 Å². The molecule has 7 rings (SSSR count). The first-order chi connectivity index (χ1) is 21.3. The van der Waals surface area contributed by atoms with E-state index in [1.165, 1.54) is 6.42 Å². The number of para-hydroxylation sites is 2. The summed E-state index contributed by atoms with van der Waals surface area (Å²) >= 11 is 0. The summed E-state index contributed by atoms with van der Waals surface area (Å²) in [5, 5.41) is 4.49. The summed E-state index contributed by atoms with van der Waals surface area (Å²) in [5.74, 6) is 0.738. The van der Waals surface area contributed by atoms with Crippen LogP contribution >= 0.6 is 0 Å². The number of nitrogens with zero attached hydrogens (tertiary/aromatic N) is 1. The maximum Gasteiger partial charge on any atom is 0.481 e. The maximum atomic E-state index is 14.0. The van der Waals surface area contributed by atoms with Crippen LogP contribution in [0.1, 0.15) is 80.6 Å². The molecule has 7 nitrogen and oxygen atoms in total. The van der Waals surface area contributed by atoms with Gasteiger partial charge in [0.2, 0.25) is 5.91 Å². The molecule has 2 heterocycles. The van der Waals surface area contributed by atoms with Gasteiger partial charge in [0, 0.05) is 23.1 Å². The first-order valence-electron chi connectivity index (χ1n) is 16.9. The molecule has 1 aromatic heterocycles. The van der Waals surface area contributed by atoms with Crippen LogP contribution < -0.4 is 10.7 Å². The predicted octanol–water partition coefficient (Wildman–Crippen LogP) is 6.57. The number of aromatic nitrogens is 1. The topological polar surface area (TPSA) is 86.6 Å². The average molecular weight is 613 g/mol. The molecule has 8 heteroatoms. The summed E-state index contributed by atoms with van der Waals surface area (Å²) < 4.78 is 15.3. The number of pyridine rings is 1. The number of amides is 1. The van der Waals surface area contributed by atoms with Crippen molar-refractivity contribution in [1.29, 1.82) is 0 Å². The standard InChI is InChI=1S/C37H49BN2O5/c1-22(2)16-24(18-26(41)21-40-29-14-10-8-12-27(29)34(42)28-13-9-11-15-30(28)40)35(43)39-33(17-23(3)4)38-44-32-20-25-19-31(36(25,5)6)37(32,7)45-38/h8-15,22-25,31-33H,16-21H2,1-7H3,(H,39,43)/t24-,25+,31+,32-,33+,37+/m1/s1. The van der Waals surface area contributed by atoms with Crippen LogP contribution in [0.25, 0.3) is 21.8 Å². The molecule has 4 fully saturated rings. The van der Waals surface area contributed by atoms with Crippen molar-refractivity contribution in [2.75, 3.05) is 0 Å². The van der Waals surface area contributed by atoms with Gasteiger partial charge in [0.05, 0.1) is 35.2 Å². The van der Waals surface area contributed by atoms with Crippen LogP contribution in [-0.4, -0.2) is 41.0 Å². The minimum atomic E-state index is -0.504. The molecule has 6 atom stereocenters. The molecular weight excluding hydrogens is 563 g/mol. The van der Waals surface area contributed by atoms with Crippen LogP contribution in [0.3, 0.4) is 0 Å². The highest BCUT2D eigenvalue weighted by Crippen LogP contribution is 2.65. The van der Waals surface area contributed by atoms with Crippen molar-refractivity contribution in [1.82, 2.24) is 9.88 Å². The minimum absolute atomic E-state index is 0.0379. The number of Topliss-reactive ketones (excluding diaryl/α,β-unsaturated/α-hetero) is 1. The van der Waals surface area contributed by atoms with Gasteiger partial charge in [0.25, 0.3) is 0 Å². The summed E-state index contributed by atoms with van der Waals surface area (Å²) in [6.45, 7) is 15.5. The van der Waals surface area contributed by atoms with E-state index in [0.29, 0.717) is 34.9 Å². The molecule has 0 unspecified atom stereocenters. The Morgan fingerprint density at radius 3 is 2.11 bits per heavy atom. The van der Waals surface area contributed by atoms with Crippen molar-refractivity contribution < 1.29 is 18.9 Å². The molecule has 4 aliphatic rings. The van der Waals surface area contributed by atoms with Crippen LogP contribution in [0, 0.1) is 35.0 Å². The molecule has 1 aliphatic heterocycles. The number of carbonyl (C=O) groups is 2. The van der Waals surface area contributed by atoms with Crippen molar-refractivity contribution in [3.63, 3.8) is 0 Å². The summed E-state index contributed by atoms with van der Waals surface area (Å²) in [4.78, 5) is 41.0. The number of ketones is 1. The lowest BCUT2D eigenvalue weighted by molar-refractivity contribution is -0.199. The highest BCUT2D eigenvalue weighted by molar-refractivity contribution is 6.47. The van der Waals surface area contributed by atoms with Crippen molar-refractivity contribution in [3.05, 3.63) is 58.8 Å². The third kappa shape index (κ3) is 5.78. The van der Waals surface area contributed by atoms with Crippen LogP contribution in [0.15, 0.2) is 53.3 Å². The van der Waals surface area contributed by atoms with Crippen molar-refractivity contribution >= 4 is 40.6 Å². The zero-order valence-corrected chi connectivity index (χ0v) is 28.0. The summed E-state index contributed by atoms with van der Waals surface area (Å²) in [6, 6.07) is 14.8. The number of carbonyl (C=O) groups excluding carboxylic acids is 2. The number of hydrogen-bond acceptors (Lipinski definition) is 5. The van der Waals surface area contributed by atoms with Crippen molar-refractivity contribution in [3.8, 4) is 0 Å². The van der Waals surface area contributed by atoms with E-state index in [1.807, 2.05) is 53.1 Å². The van der Waals surface area contributed by atoms with Gasteiger partial charge in [0.15, 0.2) is 11.2 Å². The third-order valence-corrected chi connectivity index (χ3v) is 11.2. The number of rotatable bonds is 11. The zero-order valence-electron chi connectivity index (χ0n) is 28.0. The molecule has 3 aliphatic carbocycles. The summed E-state index contributed by atoms with van der Waals surface area (Å²) in [6.07, 6.45) is 3.67. The number of hydrogen-bond donors (Lipinski definition) is 1. The molecule has 45 heavy (non-hydrogen) atoms. The third-order valence-electron chi connectivity index (χ3n) is 11.2. The van der Waals surface area contributed by atoms with E-state index in [2.05, 4.69) is 53.8 Å². The lowest BCUT2D eigenvalue weighted by Gasteiger charge is -2.64. The molecule has 240 valence electrons. The number of nitrogens with one attached hydrogen (secondary N) is 1. The van der Waals surface area contributed by atoms with E-state index in [1.54, 1.807) is 0 Å². The molecule has 1 saturated heterocycles. The Hall–Kier alpha value is -2.97. The quantitative estimate of drug-likeness (QED) is 0.196. The second kappa shape index (κ2) is 12.0. The summed E-state index contributed by atoms with van der Waals surface area (Å²) in [7, 11) is -0.504. The Labute approximate surface area is 267 Å². The van der Waals surface area contributed by atoms with Crippen LogP contribution in [0.4, 0.5) is 0 Å². The molecule has 1 amide bonds. The second-order valence-corrected chi connectivity index (χ2v) is 15.6. The lowest BCUT2D eigenvalue weighted by Crippen LogP contribution is -2.65. The SMILES string of the molecule is CC(C)C[C@H](CC(=O)Cn1c2ccccc2c(=O)c2ccccc21)C(=O)N[C@@H](CC(C)C)B1O[C@@H]2C[C@@H]3C[C@@H](C3(C)C)[C@]2(C)O1. The highest BCUT2D eigenvalue weighted by atomic mass is 16.7. The Bertz CT molecular complexity index is 1600. The van der Waals surface area contributed by atoms with E-state index in [-0.39, 0.29) is 59.1 Å². The molecule has 0 radical (unpaired) electrons. The normalized spacial score (nSPS) is 26.6. The van der Waals surface area contributed by atoms with Gasteiger partial charge in [0.1, 0.15) is 0 Å². The molecule has 0 spiro atoms. The van der Waals surface area contributed by atoms with Gasteiger partial charge in [-0.25, -0.2) is 0 Å². The Morgan fingerprint density at radius 2 is 1.53 bits per heavy atom. The van der Waals surface area contributed by atoms with Crippen molar-refractivity contribution in [2.24, 2.45) is 35.0 Å². The van der Waals surface area contributed by atoms with Gasteiger partial charge >= 0.3 is 7.12 Å². The first-order valence-corrected chi connectivity index (χ1v) is 16.9. The Morgan fingerprint density at radius 1 is 0.933 bits per heavy atom. The smallest absolute Gasteiger partial charge is 0.404 e. The van der Waals surface area contributed by atoms with Crippen LogP contribution in [0.2, 0.25) is 0 Å². The number of benzene rings is 2. The van der Waals surface area contributed by atoms with Crippen LogP contribution in [0.5, 0.6) is 0 Å². The van der Waals surface area contributed by atoms with Gasteiger partial charge in [-0.15, -0.1) is 0 Å². The maximum absolute atomic E-state index is 14.0. The number of fused-ring (bicyclic) bond motifs is 2. The lowest BCUT2D eigenvalue weighted by atomic mass is 9.43. The fourth-order valence-electron chi connectivity index (χ4n) is 8.73. The fraction of sp³-hybridized carbons (Fsp3) is 0.595. The van der Waals surface area contributed by atoms with E-state index >= 15 is 0 Å². The molecule has 3 aromatic rings. The monoisotopic (exact) mass is 612 g/mol. The van der Waals surface area contributed by atoms with Gasteiger partial charge < -0.3 is 19.2 Å². The summed E-state index contributed by atoms with van der Waals surface area (Å²) in [5.41, 5.74) is 1.31. The fourth-order valence-corrected chi connectivity index (χ4v) is 8.73. The molecule has 2 aromatic carbocycles. The molecule has 3 saturated carbocycles. The van der Waals surface area contributed by atoms with Crippen molar-refractivity contribution in [2.45, 2.75) is 105 Å². The molecular formula is C37H49BN2O5. The van der Waals surface area contributed by atoms with Gasteiger partial charge in [-0.1, -0.05) is 65.8 Å². The molecule has 2 bridgehead atoms. The molecule has 1 N–H and O–H groups in total. The van der Waals surface area contributed by atoms with Gasteiger partial charge in [-0.3, -0.25) is 14.4 Å². The first kappa shape index (κ1) is 32.0.